The molecule has 0 atom stereocenters. The van der Waals surface area contributed by atoms with Gasteiger partial charge in [0.25, 0.3) is 0 Å². The first-order chi connectivity index (χ1) is 5.04. The minimum atomic E-state index is -0.393. The first-order valence-electron chi connectivity index (χ1n) is 2.83. The highest BCUT2D eigenvalue weighted by Crippen LogP contribution is 2.27. The zero-order valence-corrected chi connectivity index (χ0v) is 9.33. The Morgan fingerprint density at radius 1 is 1.45 bits per heavy atom. The lowest BCUT2D eigenvalue weighted by atomic mass is 10.2. The van der Waals surface area contributed by atoms with Gasteiger partial charge in [0, 0.05) is 0 Å². The van der Waals surface area contributed by atoms with Crippen LogP contribution in [0.3, 0.4) is 0 Å². The van der Waals surface area contributed by atoms with Crippen molar-refractivity contribution >= 4 is 38.5 Å². The fourth-order valence-corrected chi connectivity index (χ4v) is 1.59. The van der Waals surface area contributed by atoms with E-state index in [9.17, 15) is 8.78 Å². The van der Waals surface area contributed by atoms with E-state index in [4.69, 9.17) is 0 Å². The van der Waals surface area contributed by atoms with E-state index in [1.165, 1.54) is 13.0 Å². The molecule has 1 rings (SSSR count). The topological polar surface area (TPSA) is 0 Å². The predicted molar refractivity (Wildman–Crippen MR) is 51.5 cm³/mol. The standard InChI is InChI=1S/C7H4BrF2I/c1-3-2-4(9)7(11)5(8)6(3)10/h2H,1H3. The van der Waals surface area contributed by atoms with Gasteiger partial charge in [-0.05, 0) is 57.1 Å². The third-order valence-electron chi connectivity index (χ3n) is 1.28. The highest BCUT2D eigenvalue weighted by molar-refractivity contribution is 14.1. The monoisotopic (exact) mass is 332 g/mol. The molecule has 11 heavy (non-hydrogen) atoms. The molecular formula is C7H4BrF2I. The molecule has 0 saturated heterocycles. The molecule has 0 fully saturated rings. The summed E-state index contributed by atoms with van der Waals surface area (Å²) in [5.41, 5.74) is 0.315. The van der Waals surface area contributed by atoms with Crippen molar-refractivity contribution < 1.29 is 8.78 Å². The lowest BCUT2D eigenvalue weighted by Gasteiger charge is -2.02. The number of rotatable bonds is 0. The van der Waals surface area contributed by atoms with Crippen LogP contribution in [0.25, 0.3) is 0 Å². The highest BCUT2D eigenvalue weighted by atomic mass is 127. The molecule has 0 heterocycles. The number of hydrogen-bond donors (Lipinski definition) is 0. The van der Waals surface area contributed by atoms with Gasteiger partial charge in [0.05, 0.1) is 8.04 Å². The van der Waals surface area contributed by atoms with Gasteiger partial charge >= 0.3 is 0 Å². The maximum atomic E-state index is 13.0. The number of hydrogen-bond acceptors (Lipinski definition) is 0. The second kappa shape index (κ2) is 3.35. The van der Waals surface area contributed by atoms with Crippen LogP contribution in [0.15, 0.2) is 10.5 Å². The van der Waals surface area contributed by atoms with Crippen LogP contribution < -0.4 is 0 Å². The molecule has 0 bridgehead atoms. The molecular weight excluding hydrogens is 329 g/mol. The summed E-state index contributed by atoms with van der Waals surface area (Å²) in [7, 11) is 0. The van der Waals surface area contributed by atoms with E-state index in [0.29, 0.717) is 5.56 Å². The zero-order valence-electron chi connectivity index (χ0n) is 5.59. The molecule has 60 valence electrons. The van der Waals surface area contributed by atoms with Gasteiger partial charge < -0.3 is 0 Å². The van der Waals surface area contributed by atoms with E-state index in [1.54, 1.807) is 22.6 Å². The number of aryl methyl sites for hydroxylation is 1. The van der Waals surface area contributed by atoms with Crippen molar-refractivity contribution in [3.63, 3.8) is 0 Å². The van der Waals surface area contributed by atoms with Crippen LogP contribution >= 0.6 is 38.5 Å². The van der Waals surface area contributed by atoms with Crippen LogP contribution in [0, 0.1) is 22.1 Å². The van der Waals surface area contributed by atoms with Gasteiger partial charge in [-0.1, -0.05) is 0 Å². The quantitative estimate of drug-likeness (QED) is 0.386. The van der Waals surface area contributed by atoms with Gasteiger partial charge in [-0.3, -0.25) is 0 Å². The normalized spacial score (nSPS) is 10.3. The molecule has 1 aromatic rings. The van der Waals surface area contributed by atoms with Gasteiger partial charge in [-0.15, -0.1) is 0 Å². The molecule has 0 radical (unpaired) electrons. The fraction of sp³-hybridized carbons (Fsp3) is 0.143. The third-order valence-corrected chi connectivity index (χ3v) is 3.83. The summed E-state index contributed by atoms with van der Waals surface area (Å²) in [5, 5.41) is 0. The summed E-state index contributed by atoms with van der Waals surface area (Å²) >= 11 is 4.71. The smallest absolute Gasteiger partial charge is 0.141 e. The Morgan fingerprint density at radius 2 is 2.00 bits per heavy atom. The Balaban J connectivity index is 3.46. The zero-order chi connectivity index (χ0) is 8.59. The van der Waals surface area contributed by atoms with E-state index in [2.05, 4.69) is 15.9 Å². The largest absolute Gasteiger partial charge is 0.206 e. The van der Waals surface area contributed by atoms with Crippen LogP contribution in [0.2, 0.25) is 0 Å². The molecule has 0 spiro atoms. The summed E-state index contributed by atoms with van der Waals surface area (Å²) in [6.45, 7) is 1.53. The summed E-state index contributed by atoms with van der Waals surface area (Å²) in [6.07, 6.45) is 0. The van der Waals surface area contributed by atoms with Crippen LogP contribution in [0.4, 0.5) is 8.78 Å². The Labute approximate surface area is 85.3 Å². The van der Waals surface area contributed by atoms with Crippen LogP contribution in [0.1, 0.15) is 5.56 Å². The van der Waals surface area contributed by atoms with Gasteiger partial charge in [-0.2, -0.15) is 0 Å². The van der Waals surface area contributed by atoms with Crippen molar-refractivity contribution in [1.29, 1.82) is 0 Å². The van der Waals surface area contributed by atoms with E-state index in [-0.39, 0.29) is 8.04 Å². The van der Waals surface area contributed by atoms with Crippen molar-refractivity contribution in [3.05, 3.63) is 31.3 Å². The van der Waals surface area contributed by atoms with Crippen LogP contribution in [-0.4, -0.2) is 0 Å². The maximum Gasteiger partial charge on any atom is 0.141 e. The van der Waals surface area contributed by atoms with E-state index < -0.39 is 11.6 Å². The van der Waals surface area contributed by atoms with Crippen LogP contribution in [0.5, 0.6) is 0 Å². The van der Waals surface area contributed by atoms with Gasteiger partial charge in [0.2, 0.25) is 0 Å². The SMILES string of the molecule is Cc1cc(F)c(I)c(Br)c1F. The maximum absolute atomic E-state index is 13.0. The molecule has 0 aliphatic carbocycles. The molecule has 0 amide bonds. The van der Waals surface area contributed by atoms with Gasteiger partial charge in [0.15, 0.2) is 0 Å². The Kier molecular flexibility index (Phi) is 2.85. The lowest BCUT2D eigenvalue weighted by molar-refractivity contribution is 0.580. The molecule has 4 heteroatoms. The van der Waals surface area contributed by atoms with Crippen LogP contribution in [-0.2, 0) is 0 Å². The minimum absolute atomic E-state index is 0.204. The first kappa shape index (κ1) is 9.38. The predicted octanol–water partition coefficient (Wildman–Crippen LogP) is 3.64. The number of benzene rings is 1. The summed E-state index contributed by atoms with van der Waals surface area (Å²) in [6, 6.07) is 1.18. The molecule has 0 unspecified atom stereocenters. The van der Waals surface area contributed by atoms with Crippen molar-refractivity contribution in [2.75, 3.05) is 0 Å². The van der Waals surface area contributed by atoms with Gasteiger partial charge in [-0.25, -0.2) is 8.78 Å². The van der Waals surface area contributed by atoms with E-state index >= 15 is 0 Å². The van der Waals surface area contributed by atoms with E-state index in [1.807, 2.05) is 0 Å². The summed E-state index contributed by atoms with van der Waals surface area (Å²) in [5.74, 6) is -0.785. The first-order valence-corrected chi connectivity index (χ1v) is 4.71. The van der Waals surface area contributed by atoms with Gasteiger partial charge in [0.1, 0.15) is 11.6 Å². The molecule has 0 N–H and O–H groups in total. The molecule has 0 aromatic heterocycles. The van der Waals surface area contributed by atoms with Crippen molar-refractivity contribution in [3.8, 4) is 0 Å². The van der Waals surface area contributed by atoms with Crippen molar-refractivity contribution in [1.82, 2.24) is 0 Å². The minimum Gasteiger partial charge on any atom is -0.206 e. The number of halogens is 4. The molecule has 0 aliphatic rings. The molecule has 0 nitrogen and oxygen atoms in total. The Hall–Kier alpha value is 0.290. The summed E-state index contributed by atoms with van der Waals surface area (Å²) < 4.78 is 26.3. The van der Waals surface area contributed by atoms with Crippen molar-refractivity contribution in [2.45, 2.75) is 6.92 Å². The molecule has 1 aromatic carbocycles. The average molecular weight is 333 g/mol. The lowest BCUT2D eigenvalue weighted by Crippen LogP contribution is -1.91. The molecule has 0 aliphatic heterocycles. The van der Waals surface area contributed by atoms with Crippen molar-refractivity contribution in [2.24, 2.45) is 0 Å². The molecule has 0 saturated carbocycles. The Morgan fingerprint density at radius 3 is 2.55 bits per heavy atom. The second-order valence-corrected chi connectivity index (χ2v) is 3.99. The second-order valence-electron chi connectivity index (χ2n) is 2.12. The van der Waals surface area contributed by atoms with E-state index in [0.717, 1.165) is 0 Å². The average Bonchev–Trinajstić information content (AvgIpc) is 1.97. The fourth-order valence-electron chi connectivity index (χ4n) is 0.691. The highest BCUT2D eigenvalue weighted by Gasteiger charge is 2.11. The summed E-state index contributed by atoms with van der Waals surface area (Å²) in [4.78, 5) is 0. The Bertz CT molecular complexity index is 273. The third kappa shape index (κ3) is 1.72.